The molecule has 0 saturated carbocycles. The third-order valence-corrected chi connectivity index (χ3v) is 2.76. The van der Waals surface area contributed by atoms with E-state index in [0.717, 1.165) is 0 Å². The Hall–Kier alpha value is -2.48. The molecule has 5 heteroatoms. The minimum Gasteiger partial charge on any atom is -0.366 e. The zero-order chi connectivity index (χ0) is 14.5. The Bertz CT molecular complexity index is 635. The molecule has 20 heavy (non-hydrogen) atoms. The van der Waals surface area contributed by atoms with Crippen LogP contribution in [0.4, 0.5) is 18.9 Å². The van der Waals surface area contributed by atoms with E-state index < -0.39 is 18.3 Å². The summed E-state index contributed by atoms with van der Waals surface area (Å²) >= 11 is 0. The van der Waals surface area contributed by atoms with Gasteiger partial charge >= 0.3 is 0 Å². The second-order valence-corrected chi connectivity index (χ2v) is 4.19. The van der Waals surface area contributed by atoms with Crippen LogP contribution < -0.4 is 5.32 Å². The molecule has 0 aliphatic rings. The van der Waals surface area contributed by atoms with Crippen LogP contribution in [0.1, 0.15) is 23.6 Å². The van der Waals surface area contributed by atoms with Gasteiger partial charge in [0.1, 0.15) is 11.9 Å². The molecule has 2 aromatic carbocycles. The molecule has 0 saturated heterocycles. The number of nitriles is 1. The molecule has 0 bridgehead atoms. The van der Waals surface area contributed by atoms with Gasteiger partial charge in [0.2, 0.25) is 0 Å². The van der Waals surface area contributed by atoms with Crippen molar-refractivity contribution in [2.24, 2.45) is 0 Å². The van der Waals surface area contributed by atoms with E-state index in [1.165, 1.54) is 36.4 Å². The second kappa shape index (κ2) is 6.11. The number of anilines is 1. The highest BCUT2D eigenvalue weighted by atomic mass is 19.3. The van der Waals surface area contributed by atoms with Gasteiger partial charge in [-0.25, -0.2) is 13.2 Å². The van der Waals surface area contributed by atoms with Crippen molar-refractivity contribution in [1.82, 2.24) is 0 Å². The summed E-state index contributed by atoms with van der Waals surface area (Å²) in [4.78, 5) is 0. The molecule has 0 aliphatic heterocycles. The molecule has 0 fully saturated rings. The number of halogens is 3. The van der Waals surface area contributed by atoms with Crippen molar-refractivity contribution in [3.8, 4) is 6.07 Å². The third kappa shape index (κ3) is 3.29. The first-order chi connectivity index (χ1) is 9.60. The van der Waals surface area contributed by atoms with Gasteiger partial charge in [0.15, 0.2) is 0 Å². The zero-order valence-corrected chi connectivity index (χ0v) is 10.4. The van der Waals surface area contributed by atoms with E-state index in [9.17, 15) is 13.2 Å². The SMILES string of the molecule is N#CC(Nc1cccc(F)c1)c1cccc(C(F)F)c1. The van der Waals surface area contributed by atoms with Crippen molar-refractivity contribution in [2.45, 2.75) is 12.5 Å². The van der Waals surface area contributed by atoms with Gasteiger partial charge in [-0.05, 0) is 29.8 Å². The van der Waals surface area contributed by atoms with Gasteiger partial charge in [0.25, 0.3) is 6.43 Å². The Morgan fingerprint density at radius 1 is 1.00 bits per heavy atom. The number of alkyl halides is 2. The van der Waals surface area contributed by atoms with E-state index in [4.69, 9.17) is 5.26 Å². The maximum atomic E-state index is 13.1. The molecule has 0 aromatic heterocycles. The molecule has 1 N–H and O–H groups in total. The van der Waals surface area contributed by atoms with E-state index in [1.54, 1.807) is 12.1 Å². The van der Waals surface area contributed by atoms with Crippen LogP contribution in [0.2, 0.25) is 0 Å². The molecule has 0 amide bonds. The van der Waals surface area contributed by atoms with Gasteiger partial charge in [-0.3, -0.25) is 0 Å². The molecule has 2 aromatic rings. The molecule has 0 spiro atoms. The van der Waals surface area contributed by atoms with Gasteiger partial charge in [-0.2, -0.15) is 5.26 Å². The molecule has 2 rings (SSSR count). The Kier molecular flexibility index (Phi) is 4.26. The average molecular weight is 276 g/mol. The Morgan fingerprint density at radius 3 is 2.35 bits per heavy atom. The van der Waals surface area contributed by atoms with Crippen molar-refractivity contribution in [2.75, 3.05) is 5.32 Å². The Balaban J connectivity index is 2.25. The fourth-order valence-corrected chi connectivity index (χ4v) is 1.81. The number of hydrogen-bond donors (Lipinski definition) is 1. The van der Waals surface area contributed by atoms with Crippen molar-refractivity contribution < 1.29 is 13.2 Å². The molecule has 102 valence electrons. The van der Waals surface area contributed by atoms with E-state index in [-0.39, 0.29) is 5.56 Å². The number of rotatable bonds is 4. The smallest absolute Gasteiger partial charge is 0.263 e. The van der Waals surface area contributed by atoms with E-state index in [2.05, 4.69) is 5.32 Å². The van der Waals surface area contributed by atoms with Crippen LogP contribution in [0.25, 0.3) is 0 Å². The lowest BCUT2D eigenvalue weighted by molar-refractivity contribution is 0.151. The number of nitrogens with one attached hydrogen (secondary N) is 1. The summed E-state index contributed by atoms with van der Waals surface area (Å²) in [6, 6.07) is 12.4. The van der Waals surface area contributed by atoms with E-state index >= 15 is 0 Å². The first kappa shape index (κ1) is 13.9. The monoisotopic (exact) mass is 276 g/mol. The maximum absolute atomic E-state index is 13.1. The molecule has 0 heterocycles. The van der Waals surface area contributed by atoms with Crippen LogP contribution in [-0.4, -0.2) is 0 Å². The number of nitrogens with zero attached hydrogens (tertiary/aromatic N) is 1. The van der Waals surface area contributed by atoms with Gasteiger partial charge in [-0.15, -0.1) is 0 Å². The highest BCUT2D eigenvalue weighted by Gasteiger charge is 2.14. The Labute approximate surface area is 114 Å². The minimum absolute atomic E-state index is 0.149. The summed E-state index contributed by atoms with van der Waals surface area (Å²) in [5, 5.41) is 12.0. The standard InChI is InChI=1S/C15H11F3N2/c16-12-5-2-6-13(8-12)20-14(9-19)10-3-1-4-11(7-10)15(17)18/h1-8,14-15,20H. The van der Waals surface area contributed by atoms with Crippen LogP contribution in [-0.2, 0) is 0 Å². The molecular formula is C15H11F3N2. The second-order valence-electron chi connectivity index (χ2n) is 4.19. The quantitative estimate of drug-likeness (QED) is 0.896. The van der Waals surface area contributed by atoms with Gasteiger partial charge in [-0.1, -0.05) is 24.3 Å². The molecule has 0 aliphatic carbocycles. The summed E-state index contributed by atoms with van der Waals surface area (Å²) in [7, 11) is 0. The predicted molar refractivity (Wildman–Crippen MR) is 69.8 cm³/mol. The lowest BCUT2D eigenvalue weighted by atomic mass is 10.0. The van der Waals surface area contributed by atoms with Gasteiger partial charge in [0, 0.05) is 11.3 Å². The number of hydrogen-bond acceptors (Lipinski definition) is 2. The summed E-state index contributed by atoms with van der Waals surface area (Å²) < 4.78 is 38.4. The molecule has 2 nitrogen and oxygen atoms in total. The highest BCUT2D eigenvalue weighted by molar-refractivity contribution is 5.48. The van der Waals surface area contributed by atoms with Crippen molar-refractivity contribution in [3.63, 3.8) is 0 Å². The van der Waals surface area contributed by atoms with Crippen molar-refractivity contribution in [1.29, 1.82) is 5.26 Å². The zero-order valence-electron chi connectivity index (χ0n) is 10.4. The first-order valence-electron chi connectivity index (χ1n) is 5.90. The van der Waals surface area contributed by atoms with E-state index in [1.807, 2.05) is 6.07 Å². The van der Waals surface area contributed by atoms with Crippen molar-refractivity contribution in [3.05, 3.63) is 65.5 Å². The summed E-state index contributed by atoms with van der Waals surface area (Å²) in [5.41, 5.74) is 0.678. The van der Waals surface area contributed by atoms with Crippen LogP contribution in [0.5, 0.6) is 0 Å². The minimum atomic E-state index is -2.59. The predicted octanol–water partition coefficient (Wildman–Crippen LogP) is 4.44. The average Bonchev–Trinajstić information content (AvgIpc) is 2.45. The normalized spacial score (nSPS) is 11.9. The fraction of sp³-hybridized carbons (Fsp3) is 0.133. The largest absolute Gasteiger partial charge is 0.366 e. The van der Waals surface area contributed by atoms with Crippen LogP contribution in [0.15, 0.2) is 48.5 Å². The van der Waals surface area contributed by atoms with E-state index in [0.29, 0.717) is 11.3 Å². The lowest BCUT2D eigenvalue weighted by Crippen LogP contribution is -2.09. The molecular weight excluding hydrogens is 265 g/mol. The van der Waals surface area contributed by atoms with Gasteiger partial charge < -0.3 is 5.32 Å². The maximum Gasteiger partial charge on any atom is 0.263 e. The molecule has 1 unspecified atom stereocenters. The van der Waals surface area contributed by atoms with Crippen molar-refractivity contribution >= 4 is 5.69 Å². The van der Waals surface area contributed by atoms with Crippen LogP contribution in [0.3, 0.4) is 0 Å². The first-order valence-corrected chi connectivity index (χ1v) is 5.90. The molecule has 1 atom stereocenters. The lowest BCUT2D eigenvalue weighted by Gasteiger charge is -2.14. The fourth-order valence-electron chi connectivity index (χ4n) is 1.81. The number of benzene rings is 2. The Morgan fingerprint density at radius 2 is 1.70 bits per heavy atom. The highest BCUT2D eigenvalue weighted by Crippen LogP contribution is 2.24. The third-order valence-electron chi connectivity index (χ3n) is 2.76. The van der Waals surface area contributed by atoms with Crippen LogP contribution in [0, 0.1) is 17.1 Å². The summed E-state index contributed by atoms with van der Waals surface area (Å²) in [6.07, 6.45) is -2.59. The van der Waals surface area contributed by atoms with Crippen LogP contribution >= 0.6 is 0 Å². The van der Waals surface area contributed by atoms with Gasteiger partial charge in [0.05, 0.1) is 6.07 Å². The summed E-state index contributed by atoms with van der Waals surface area (Å²) in [6.45, 7) is 0. The summed E-state index contributed by atoms with van der Waals surface area (Å²) in [5.74, 6) is -0.437. The molecule has 0 radical (unpaired) electrons. The topological polar surface area (TPSA) is 35.8 Å².